The van der Waals surface area contributed by atoms with Crippen LogP contribution in [-0.4, -0.2) is 25.8 Å². The second kappa shape index (κ2) is 9.89. The highest BCUT2D eigenvalue weighted by Gasteiger charge is 2.24. The summed E-state index contributed by atoms with van der Waals surface area (Å²) in [7, 11) is -3.75. The average Bonchev–Trinajstić information content (AvgIpc) is 2.68. The van der Waals surface area contributed by atoms with E-state index in [-0.39, 0.29) is 18.0 Å². The molecule has 0 unspecified atom stereocenters. The summed E-state index contributed by atoms with van der Waals surface area (Å²) >= 11 is 5.88. The molecule has 0 saturated heterocycles. The number of allylic oxidation sites excluding steroid dienone is 2. The molecule has 138 valence electrons. The first-order valence-corrected chi connectivity index (χ1v) is 9.98. The number of benzene rings is 2. The number of nitrogens with zero attached hydrogens (tertiary/aromatic N) is 2. The van der Waals surface area contributed by atoms with Crippen LogP contribution in [0.2, 0.25) is 5.02 Å². The molecule has 27 heavy (non-hydrogen) atoms. The zero-order valence-electron chi connectivity index (χ0n) is 14.6. The number of hydrogen-bond acceptors (Lipinski definition) is 3. The summed E-state index contributed by atoms with van der Waals surface area (Å²) in [5.41, 5.74) is 1.10. The van der Waals surface area contributed by atoms with Crippen LogP contribution in [0.4, 0.5) is 0 Å². The summed E-state index contributed by atoms with van der Waals surface area (Å²) in [4.78, 5) is 0.181. The Morgan fingerprint density at radius 1 is 1.15 bits per heavy atom. The molecule has 2 aromatic rings. The highest BCUT2D eigenvalue weighted by molar-refractivity contribution is 7.89. The van der Waals surface area contributed by atoms with Crippen LogP contribution in [0.25, 0.3) is 6.08 Å². The van der Waals surface area contributed by atoms with Gasteiger partial charge in [0.15, 0.2) is 0 Å². The molecule has 0 amide bonds. The van der Waals surface area contributed by atoms with E-state index in [9.17, 15) is 13.7 Å². The number of nitriles is 1. The van der Waals surface area contributed by atoms with E-state index in [1.165, 1.54) is 16.4 Å². The van der Waals surface area contributed by atoms with Gasteiger partial charge in [-0.25, -0.2) is 8.42 Å². The molecule has 0 aliphatic heterocycles. The molecule has 4 nitrogen and oxygen atoms in total. The fraction of sp³-hybridized carbons (Fsp3) is 0.0952. The summed E-state index contributed by atoms with van der Waals surface area (Å²) in [5, 5.41) is 10.1. The van der Waals surface area contributed by atoms with Crippen molar-refractivity contribution in [3.8, 4) is 6.07 Å². The van der Waals surface area contributed by atoms with Gasteiger partial charge in [-0.05, 0) is 35.9 Å². The van der Waals surface area contributed by atoms with Crippen LogP contribution in [0, 0.1) is 11.3 Å². The summed E-state index contributed by atoms with van der Waals surface area (Å²) in [6.45, 7) is 3.67. The molecule has 0 aliphatic rings. The van der Waals surface area contributed by atoms with Crippen LogP contribution < -0.4 is 0 Å². The Labute approximate surface area is 165 Å². The number of sulfonamides is 1. The zero-order chi connectivity index (χ0) is 19.7. The molecule has 0 aliphatic carbocycles. The fourth-order valence-electron chi connectivity index (χ4n) is 2.33. The normalized spacial score (nSPS) is 12.3. The molecule has 0 aromatic heterocycles. The standard InChI is InChI=1S/C21H19ClN2O2S/c1-2-3-7-14-24(27(25,26)21-8-5-4-6-9-21)17-19(16-23)15-18-10-12-20(22)13-11-18/h2-13,15H,1,14,17H2/b7-3+,19-15+. The van der Waals surface area contributed by atoms with Crippen molar-refractivity contribution in [2.24, 2.45) is 0 Å². The Morgan fingerprint density at radius 2 is 1.81 bits per heavy atom. The largest absolute Gasteiger partial charge is 0.243 e. The minimum atomic E-state index is -3.75. The minimum Gasteiger partial charge on any atom is -0.207 e. The number of rotatable bonds is 8. The van der Waals surface area contributed by atoms with Crippen LogP contribution in [-0.2, 0) is 10.0 Å². The van der Waals surface area contributed by atoms with Gasteiger partial charge in [0.2, 0.25) is 10.0 Å². The van der Waals surface area contributed by atoms with E-state index in [1.807, 2.05) is 0 Å². The van der Waals surface area contributed by atoms with Gasteiger partial charge in [-0.3, -0.25) is 0 Å². The van der Waals surface area contributed by atoms with Crippen molar-refractivity contribution in [2.45, 2.75) is 4.90 Å². The van der Waals surface area contributed by atoms with Gasteiger partial charge in [0.05, 0.1) is 11.0 Å². The molecule has 0 bridgehead atoms. The Hall–Kier alpha value is -2.65. The van der Waals surface area contributed by atoms with Gasteiger partial charge in [0, 0.05) is 23.7 Å². The van der Waals surface area contributed by atoms with E-state index >= 15 is 0 Å². The van der Waals surface area contributed by atoms with E-state index < -0.39 is 10.0 Å². The van der Waals surface area contributed by atoms with Crippen LogP contribution >= 0.6 is 11.6 Å². The second-order valence-electron chi connectivity index (χ2n) is 5.61. The molecule has 0 atom stereocenters. The lowest BCUT2D eigenvalue weighted by Gasteiger charge is -2.20. The van der Waals surface area contributed by atoms with Gasteiger partial charge in [0.1, 0.15) is 0 Å². The van der Waals surface area contributed by atoms with Gasteiger partial charge in [-0.1, -0.05) is 66.7 Å². The maximum absolute atomic E-state index is 13.0. The SMILES string of the molecule is C=C/C=C/CN(C/C(C#N)=C/c1ccc(Cl)cc1)S(=O)(=O)c1ccccc1. The molecule has 0 radical (unpaired) electrons. The lowest BCUT2D eigenvalue weighted by Crippen LogP contribution is -2.33. The monoisotopic (exact) mass is 398 g/mol. The Morgan fingerprint density at radius 3 is 2.41 bits per heavy atom. The molecule has 6 heteroatoms. The Kier molecular flexibility index (Phi) is 7.56. The molecular weight excluding hydrogens is 380 g/mol. The first kappa shape index (κ1) is 20.7. The van der Waals surface area contributed by atoms with Crippen molar-refractivity contribution in [1.82, 2.24) is 4.31 Å². The van der Waals surface area contributed by atoms with Gasteiger partial charge < -0.3 is 0 Å². The van der Waals surface area contributed by atoms with Crippen molar-refractivity contribution in [3.05, 3.63) is 95.6 Å². The molecule has 2 aromatic carbocycles. The summed E-state index contributed by atoms with van der Waals surface area (Å²) in [6, 6.07) is 17.2. The quantitative estimate of drug-likeness (QED) is 0.479. The van der Waals surface area contributed by atoms with Gasteiger partial charge in [0.25, 0.3) is 0 Å². The van der Waals surface area contributed by atoms with Crippen molar-refractivity contribution >= 4 is 27.7 Å². The average molecular weight is 399 g/mol. The minimum absolute atomic E-state index is 0.0438. The number of hydrogen-bond donors (Lipinski definition) is 0. The maximum Gasteiger partial charge on any atom is 0.243 e. The van der Waals surface area contributed by atoms with Crippen LogP contribution in [0.5, 0.6) is 0 Å². The zero-order valence-corrected chi connectivity index (χ0v) is 16.2. The topological polar surface area (TPSA) is 61.2 Å². The van der Waals surface area contributed by atoms with Crippen molar-refractivity contribution < 1.29 is 8.42 Å². The van der Waals surface area contributed by atoms with Gasteiger partial charge in [-0.2, -0.15) is 9.57 Å². The van der Waals surface area contributed by atoms with Crippen molar-refractivity contribution in [2.75, 3.05) is 13.1 Å². The highest BCUT2D eigenvalue weighted by atomic mass is 35.5. The molecule has 0 fully saturated rings. The number of halogens is 1. The third-order valence-electron chi connectivity index (χ3n) is 3.66. The molecular formula is C21H19ClN2O2S. The van der Waals surface area contributed by atoms with Crippen LogP contribution in [0.15, 0.2) is 89.9 Å². The lowest BCUT2D eigenvalue weighted by molar-refractivity contribution is 0.470. The molecule has 0 saturated carbocycles. The van der Waals surface area contributed by atoms with E-state index in [0.29, 0.717) is 10.6 Å². The van der Waals surface area contributed by atoms with E-state index in [4.69, 9.17) is 11.6 Å². The summed E-state index contributed by atoms with van der Waals surface area (Å²) < 4.78 is 27.2. The Bertz CT molecular complexity index is 973. The summed E-state index contributed by atoms with van der Waals surface area (Å²) in [5.74, 6) is 0. The van der Waals surface area contributed by atoms with Gasteiger partial charge >= 0.3 is 0 Å². The van der Waals surface area contributed by atoms with E-state index in [1.54, 1.807) is 66.8 Å². The smallest absolute Gasteiger partial charge is 0.207 e. The van der Waals surface area contributed by atoms with Gasteiger partial charge in [-0.15, -0.1) is 0 Å². The predicted molar refractivity (Wildman–Crippen MR) is 110 cm³/mol. The Balaban J connectivity index is 2.35. The van der Waals surface area contributed by atoms with Crippen LogP contribution in [0.3, 0.4) is 0 Å². The fourth-order valence-corrected chi connectivity index (χ4v) is 3.84. The van der Waals surface area contributed by atoms with Crippen molar-refractivity contribution in [3.63, 3.8) is 0 Å². The highest BCUT2D eigenvalue weighted by Crippen LogP contribution is 2.18. The third kappa shape index (κ3) is 5.93. The predicted octanol–water partition coefficient (Wildman–Crippen LogP) is 4.68. The second-order valence-corrected chi connectivity index (χ2v) is 7.98. The van der Waals surface area contributed by atoms with Crippen LogP contribution in [0.1, 0.15) is 5.56 Å². The van der Waals surface area contributed by atoms with E-state index in [0.717, 1.165) is 5.56 Å². The first-order valence-electron chi connectivity index (χ1n) is 8.16. The third-order valence-corrected chi connectivity index (χ3v) is 5.74. The molecule has 2 rings (SSSR count). The lowest BCUT2D eigenvalue weighted by atomic mass is 10.1. The first-order chi connectivity index (χ1) is 13.0. The molecule has 0 N–H and O–H groups in total. The maximum atomic E-state index is 13.0. The van der Waals surface area contributed by atoms with E-state index in [2.05, 4.69) is 12.6 Å². The van der Waals surface area contributed by atoms with Crippen molar-refractivity contribution in [1.29, 1.82) is 5.26 Å². The summed E-state index contributed by atoms with van der Waals surface area (Å²) in [6.07, 6.45) is 6.58. The molecule has 0 heterocycles. The molecule has 0 spiro atoms.